The van der Waals surface area contributed by atoms with Crippen LogP contribution in [-0.2, 0) is 4.79 Å². The largest absolute Gasteiger partial charge is 0.268 e. The fourth-order valence-corrected chi connectivity index (χ4v) is 0.438. The number of amides is 1. The standard InChI is InChI=1S/C6H6N2O/c9-6-4-2-1-3-5-7-8-6/h1-5H,(H,8,9). The molecular formula is C6H6N2O. The van der Waals surface area contributed by atoms with Gasteiger partial charge in [0, 0.05) is 12.3 Å². The number of allylic oxidation sites excluding steroid dienone is 3. The lowest BCUT2D eigenvalue weighted by atomic mass is 10.4. The van der Waals surface area contributed by atoms with E-state index >= 15 is 0 Å². The van der Waals surface area contributed by atoms with E-state index < -0.39 is 0 Å². The third kappa shape index (κ3) is 1.90. The Kier molecular flexibility index (Phi) is 1.80. The average molecular weight is 122 g/mol. The smallest absolute Gasteiger partial charge is 0.264 e. The molecule has 9 heavy (non-hydrogen) atoms. The van der Waals surface area contributed by atoms with Crippen molar-refractivity contribution in [1.29, 1.82) is 0 Å². The van der Waals surface area contributed by atoms with Gasteiger partial charge in [-0.1, -0.05) is 12.2 Å². The first-order valence-electron chi connectivity index (χ1n) is 2.56. The summed E-state index contributed by atoms with van der Waals surface area (Å²) in [7, 11) is 0. The van der Waals surface area contributed by atoms with Crippen LogP contribution in [0.25, 0.3) is 0 Å². The van der Waals surface area contributed by atoms with Gasteiger partial charge in [0.2, 0.25) is 0 Å². The van der Waals surface area contributed by atoms with Gasteiger partial charge in [0.25, 0.3) is 5.91 Å². The van der Waals surface area contributed by atoms with Crippen LogP contribution >= 0.6 is 0 Å². The maximum Gasteiger partial charge on any atom is 0.264 e. The van der Waals surface area contributed by atoms with Gasteiger partial charge in [0.1, 0.15) is 0 Å². The summed E-state index contributed by atoms with van der Waals surface area (Å²) in [4.78, 5) is 10.5. The molecule has 1 N–H and O–H groups in total. The Labute approximate surface area is 52.8 Å². The highest BCUT2D eigenvalue weighted by atomic mass is 16.2. The van der Waals surface area contributed by atoms with Crippen molar-refractivity contribution in [2.24, 2.45) is 5.10 Å². The summed E-state index contributed by atoms with van der Waals surface area (Å²) in [6.45, 7) is 0. The number of nitrogens with one attached hydrogen (secondary N) is 1. The second-order valence-electron chi connectivity index (χ2n) is 1.50. The normalized spacial score (nSPS) is 27.3. The minimum atomic E-state index is -0.199. The van der Waals surface area contributed by atoms with Crippen LogP contribution in [0.1, 0.15) is 0 Å². The number of rotatable bonds is 0. The van der Waals surface area contributed by atoms with Gasteiger partial charge in [-0.05, 0) is 6.08 Å². The van der Waals surface area contributed by atoms with Crippen LogP contribution in [0.3, 0.4) is 0 Å². The number of hydrogen-bond donors (Lipinski definition) is 1. The van der Waals surface area contributed by atoms with E-state index in [2.05, 4.69) is 10.5 Å². The quantitative estimate of drug-likeness (QED) is 0.490. The molecule has 0 saturated carbocycles. The molecule has 0 radical (unpaired) electrons. The monoisotopic (exact) mass is 122 g/mol. The predicted octanol–water partition coefficient (Wildman–Crippen LogP) is 0.214. The second kappa shape index (κ2) is 2.81. The van der Waals surface area contributed by atoms with Crippen LogP contribution < -0.4 is 5.43 Å². The Bertz CT molecular complexity index is 191. The topological polar surface area (TPSA) is 41.5 Å². The van der Waals surface area contributed by atoms with Crippen molar-refractivity contribution in [3.05, 3.63) is 24.3 Å². The zero-order chi connectivity index (χ0) is 6.53. The van der Waals surface area contributed by atoms with Crippen molar-refractivity contribution in [1.82, 2.24) is 5.43 Å². The molecule has 1 aliphatic heterocycles. The lowest BCUT2D eigenvalue weighted by Crippen LogP contribution is -2.14. The summed E-state index contributed by atoms with van der Waals surface area (Å²) in [6, 6.07) is 0. The number of carbonyl (C=O) groups excluding carboxylic acids is 1. The van der Waals surface area contributed by atoms with Gasteiger partial charge in [-0.3, -0.25) is 4.79 Å². The summed E-state index contributed by atoms with van der Waals surface area (Å²) < 4.78 is 0. The molecule has 0 aromatic carbocycles. The van der Waals surface area contributed by atoms with Gasteiger partial charge in [0.05, 0.1) is 0 Å². The molecule has 0 fully saturated rings. The van der Waals surface area contributed by atoms with Crippen LogP contribution in [0.5, 0.6) is 0 Å². The van der Waals surface area contributed by atoms with Gasteiger partial charge in [-0.25, -0.2) is 5.43 Å². The number of carbonyl (C=O) groups is 1. The average Bonchev–Trinajstić information content (AvgIpc) is 1.79. The summed E-state index contributed by atoms with van der Waals surface area (Å²) in [5, 5.41) is 3.55. The molecule has 0 aromatic heterocycles. The molecule has 1 rings (SSSR count). The third-order valence-electron chi connectivity index (χ3n) is 0.805. The Morgan fingerprint density at radius 3 is 3.11 bits per heavy atom. The van der Waals surface area contributed by atoms with Crippen LogP contribution in [0.2, 0.25) is 0 Å². The Morgan fingerprint density at radius 2 is 2.22 bits per heavy atom. The van der Waals surface area contributed by atoms with E-state index in [1.807, 2.05) is 0 Å². The van der Waals surface area contributed by atoms with E-state index in [1.165, 1.54) is 12.3 Å². The first kappa shape index (κ1) is 5.75. The van der Waals surface area contributed by atoms with Gasteiger partial charge in [0.15, 0.2) is 0 Å². The van der Waals surface area contributed by atoms with Crippen LogP contribution in [0.4, 0.5) is 0 Å². The number of hydrogen-bond acceptors (Lipinski definition) is 2. The van der Waals surface area contributed by atoms with E-state index in [0.717, 1.165) is 0 Å². The van der Waals surface area contributed by atoms with Crippen LogP contribution in [0, 0.1) is 0 Å². The maximum atomic E-state index is 10.5. The lowest BCUT2D eigenvalue weighted by Gasteiger charge is -1.90. The molecule has 3 nitrogen and oxygen atoms in total. The lowest BCUT2D eigenvalue weighted by molar-refractivity contribution is -0.116. The molecule has 0 unspecified atom stereocenters. The molecule has 0 bridgehead atoms. The molecule has 0 spiro atoms. The molecule has 3 heteroatoms. The Hall–Kier alpha value is -1.38. The van der Waals surface area contributed by atoms with E-state index in [-0.39, 0.29) is 5.91 Å². The van der Waals surface area contributed by atoms with Crippen molar-refractivity contribution in [3.8, 4) is 0 Å². The van der Waals surface area contributed by atoms with E-state index in [4.69, 9.17) is 0 Å². The zero-order valence-corrected chi connectivity index (χ0v) is 4.74. The fourth-order valence-electron chi connectivity index (χ4n) is 0.438. The highest BCUT2D eigenvalue weighted by Gasteiger charge is 1.88. The maximum absolute atomic E-state index is 10.5. The fraction of sp³-hybridized carbons (Fsp3) is 0. The Morgan fingerprint density at radius 1 is 1.33 bits per heavy atom. The van der Waals surface area contributed by atoms with Crippen molar-refractivity contribution in [2.45, 2.75) is 0 Å². The van der Waals surface area contributed by atoms with E-state index in [0.29, 0.717) is 0 Å². The minimum absolute atomic E-state index is 0.199. The van der Waals surface area contributed by atoms with Gasteiger partial charge < -0.3 is 0 Å². The van der Waals surface area contributed by atoms with E-state index in [9.17, 15) is 4.79 Å². The molecule has 0 saturated heterocycles. The molecule has 0 aromatic rings. The summed E-state index contributed by atoms with van der Waals surface area (Å²) in [5.41, 5.74) is 2.28. The number of nitrogens with zero attached hydrogens (tertiary/aromatic N) is 1. The van der Waals surface area contributed by atoms with Crippen molar-refractivity contribution < 1.29 is 4.79 Å². The minimum Gasteiger partial charge on any atom is -0.268 e. The van der Waals surface area contributed by atoms with Crippen molar-refractivity contribution >= 4 is 12.1 Å². The zero-order valence-electron chi connectivity index (χ0n) is 4.74. The second-order valence-corrected chi connectivity index (χ2v) is 1.50. The summed E-state index contributed by atoms with van der Waals surface area (Å²) in [5.74, 6) is -0.199. The predicted molar refractivity (Wildman–Crippen MR) is 34.9 cm³/mol. The molecule has 0 atom stereocenters. The third-order valence-corrected chi connectivity index (χ3v) is 0.805. The first-order chi connectivity index (χ1) is 4.39. The Balaban J connectivity index is 2.70. The molecule has 0 aliphatic carbocycles. The van der Waals surface area contributed by atoms with Crippen LogP contribution in [-0.4, -0.2) is 12.1 Å². The van der Waals surface area contributed by atoms with Crippen LogP contribution in [0.15, 0.2) is 29.4 Å². The first-order valence-corrected chi connectivity index (χ1v) is 2.56. The highest BCUT2D eigenvalue weighted by molar-refractivity contribution is 5.89. The van der Waals surface area contributed by atoms with Gasteiger partial charge in [-0.15, -0.1) is 0 Å². The van der Waals surface area contributed by atoms with Crippen molar-refractivity contribution in [3.63, 3.8) is 0 Å². The molecule has 1 aliphatic rings. The highest BCUT2D eigenvalue weighted by Crippen LogP contribution is 1.79. The number of hydrazone groups is 1. The molecule has 1 heterocycles. The van der Waals surface area contributed by atoms with Gasteiger partial charge >= 0.3 is 0 Å². The van der Waals surface area contributed by atoms with Crippen molar-refractivity contribution in [2.75, 3.05) is 0 Å². The molecular weight excluding hydrogens is 116 g/mol. The summed E-state index contributed by atoms with van der Waals surface area (Å²) >= 11 is 0. The summed E-state index contributed by atoms with van der Waals surface area (Å²) in [6.07, 6.45) is 8.05. The SMILES string of the molecule is O=C1\C=C/C=C\C=N/N1. The van der Waals surface area contributed by atoms with Gasteiger partial charge in [-0.2, -0.15) is 5.10 Å². The molecule has 1 amide bonds. The molecule has 46 valence electrons. The van der Waals surface area contributed by atoms with E-state index in [1.54, 1.807) is 18.2 Å².